The molecule has 1 fully saturated rings. The van der Waals surface area contributed by atoms with E-state index in [2.05, 4.69) is 44.3 Å². The molecule has 2 unspecified atom stereocenters. The minimum absolute atomic E-state index is 0.401. The molecular formula is C15H23NO. The molecule has 0 spiro atoms. The van der Waals surface area contributed by atoms with Crippen LogP contribution in [-0.2, 0) is 4.74 Å². The maximum absolute atomic E-state index is 5.62. The molecule has 0 amide bonds. The Labute approximate surface area is 104 Å². The third-order valence-electron chi connectivity index (χ3n) is 3.71. The van der Waals surface area contributed by atoms with E-state index in [-0.39, 0.29) is 0 Å². The summed E-state index contributed by atoms with van der Waals surface area (Å²) >= 11 is 0. The summed E-state index contributed by atoms with van der Waals surface area (Å²) in [5.41, 5.74) is 4.10. The van der Waals surface area contributed by atoms with Gasteiger partial charge in [-0.3, -0.25) is 0 Å². The zero-order chi connectivity index (χ0) is 12.3. The lowest BCUT2D eigenvalue weighted by Gasteiger charge is -2.18. The molecule has 1 aromatic rings. The van der Waals surface area contributed by atoms with Crippen LogP contribution in [0.5, 0.6) is 0 Å². The number of hydrogen-bond donors (Lipinski definition) is 1. The Balaban J connectivity index is 1.89. The molecule has 17 heavy (non-hydrogen) atoms. The second-order valence-electron chi connectivity index (χ2n) is 5.11. The first-order valence-corrected chi connectivity index (χ1v) is 6.59. The van der Waals surface area contributed by atoms with Crippen LogP contribution in [0.1, 0.15) is 42.5 Å². The van der Waals surface area contributed by atoms with Gasteiger partial charge in [0.15, 0.2) is 0 Å². The van der Waals surface area contributed by atoms with Crippen molar-refractivity contribution in [3.8, 4) is 0 Å². The van der Waals surface area contributed by atoms with Crippen LogP contribution in [0.4, 0.5) is 0 Å². The first kappa shape index (κ1) is 12.6. The lowest BCUT2D eigenvalue weighted by atomic mass is 10.0. The molecular weight excluding hydrogens is 210 g/mol. The molecule has 2 atom stereocenters. The molecule has 94 valence electrons. The van der Waals surface area contributed by atoms with Gasteiger partial charge in [-0.25, -0.2) is 0 Å². The minimum atomic E-state index is 0.401. The predicted molar refractivity (Wildman–Crippen MR) is 71.3 cm³/mol. The van der Waals surface area contributed by atoms with Crippen LogP contribution in [0, 0.1) is 13.8 Å². The molecule has 0 saturated carbocycles. The molecule has 1 heterocycles. The summed E-state index contributed by atoms with van der Waals surface area (Å²) < 4.78 is 5.62. The van der Waals surface area contributed by atoms with Gasteiger partial charge in [0, 0.05) is 19.2 Å². The maximum Gasteiger partial charge on any atom is 0.0700 e. The summed E-state index contributed by atoms with van der Waals surface area (Å²) in [5, 5.41) is 3.56. The topological polar surface area (TPSA) is 21.3 Å². The van der Waals surface area contributed by atoms with Crippen molar-refractivity contribution in [3.05, 3.63) is 34.9 Å². The van der Waals surface area contributed by atoms with E-state index in [1.165, 1.54) is 29.5 Å². The molecule has 1 aliphatic heterocycles. The number of nitrogens with one attached hydrogen (secondary N) is 1. The van der Waals surface area contributed by atoms with Crippen LogP contribution in [0.3, 0.4) is 0 Å². The zero-order valence-corrected chi connectivity index (χ0v) is 11.1. The van der Waals surface area contributed by atoms with Gasteiger partial charge in [0.1, 0.15) is 0 Å². The quantitative estimate of drug-likeness (QED) is 0.862. The molecule has 0 bridgehead atoms. The smallest absolute Gasteiger partial charge is 0.0700 e. The second kappa shape index (κ2) is 5.65. The lowest BCUT2D eigenvalue weighted by molar-refractivity contribution is 0.108. The number of hydrogen-bond acceptors (Lipinski definition) is 2. The fraction of sp³-hybridized carbons (Fsp3) is 0.600. The van der Waals surface area contributed by atoms with E-state index in [9.17, 15) is 0 Å². The van der Waals surface area contributed by atoms with E-state index in [1.807, 2.05) is 0 Å². The lowest BCUT2D eigenvalue weighted by Crippen LogP contribution is -2.28. The Kier molecular flexibility index (Phi) is 4.19. The van der Waals surface area contributed by atoms with Crippen molar-refractivity contribution in [3.63, 3.8) is 0 Å². The number of ether oxygens (including phenoxy) is 1. The molecule has 2 rings (SSSR count). The number of rotatable bonds is 4. The van der Waals surface area contributed by atoms with Gasteiger partial charge < -0.3 is 10.1 Å². The van der Waals surface area contributed by atoms with Crippen molar-refractivity contribution in [2.45, 2.75) is 45.8 Å². The summed E-state index contributed by atoms with van der Waals surface area (Å²) in [5.74, 6) is 0. The van der Waals surface area contributed by atoms with E-state index in [1.54, 1.807) is 0 Å². The van der Waals surface area contributed by atoms with Crippen molar-refractivity contribution in [2.24, 2.45) is 0 Å². The Hall–Kier alpha value is -0.860. The summed E-state index contributed by atoms with van der Waals surface area (Å²) in [6.45, 7) is 8.45. The number of aryl methyl sites for hydroxylation is 2. The van der Waals surface area contributed by atoms with Gasteiger partial charge in [0.25, 0.3) is 0 Å². The van der Waals surface area contributed by atoms with E-state index >= 15 is 0 Å². The van der Waals surface area contributed by atoms with Gasteiger partial charge in [-0.05, 0) is 50.3 Å². The average Bonchev–Trinajstić information content (AvgIpc) is 2.82. The van der Waals surface area contributed by atoms with Crippen LogP contribution in [0.15, 0.2) is 18.2 Å². The Morgan fingerprint density at radius 2 is 2.18 bits per heavy atom. The average molecular weight is 233 g/mol. The van der Waals surface area contributed by atoms with Gasteiger partial charge in [0.2, 0.25) is 0 Å². The third kappa shape index (κ3) is 3.30. The predicted octanol–water partition coefficient (Wildman–Crippen LogP) is 3.13. The Bertz CT molecular complexity index is 369. The Morgan fingerprint density at radius 3 is 2.82 bits per heavy atom. The van der Waals surface area contributed by atoms with Crippen molar-refractivity contribution in [1.29, 1.82) is 0 Å². The maximum atomic E-state index is 5.62. The van der Waals surface area contributed by atoms with Gasteiger partial charge >= 0.3 is 0 Å². The van der Waals surface area contributed by atoms with Crippen LogP contribution in [-0.4, -0.2) is 19.3 Å². The SMILES string of the molecule is Cc1ccc(C(C)NCC2CCCO2)cc1C. The highest BCUT2D eigenvalue weighted by atomic mass is 16.5. The van der Waals surface area contributed by atoms with Crippen LogP contribution >= 0.6 is 0 Å². The largest absolute Gasteiger partial charge is 0.377 e. The third-order valence-corrected chi connectivity index (χ3v) is 3.71. The zero-order valence-electron chi connectivity index (χ0n) is 11.1. The summed E-state index contributed by atoms with van der Waals surface area (Å²) in [4.78, 5) is 0. The van der Waals surface area contributed by atoms with E-state index in [0.717, 1.165) is 13.2 Å². The molecule has 1 aromatic carbocycles. The van der Waals surface area contributed by atoms with Gasteiger partial charge in [-0.15, -0.1) is 0 Å². The summed E-state index contributed by atoms with van der Waals surface area (Å²) in [6.07, 6.45) is 2.83. The highest BCUT2D eigenvalue weighted by molar-refractivity contribution is 5.31. The summed E-state index contributed by atoms with van der Waals surface area (Å²) in [7, 11) is 0. The fourth-order valence-electron chi connectivity index (χ4n) is 2.27. The van der Waals surface area contributed by atoms with Crippen molar-refractivity contribution >= 4 is 0 Å². The van der Waals surface area contributed by atoms with Gasteiger partial charge in [0.05, 0.1) is 6.10 Å². The van der Waals surface area contributed by atoms with Gasteiger partial charge in [-0.2, -0.15) is 0 Å². The Morgan fingerprint density at radius 1 is 1.35 bits per heavy atom. The van der Waals surface area contributed by atoms with Crippen molar-refractivity contribution < 1.29 is 4.74 Å². The fourth-order valence-corrected chi connectivity index (χ4v) is 2.27. The standard InChI is InChI=1S/C15H23NO/c1-11-6-7-14(9-12(11)2)13(3)16-10-15-5-4-8-17-15/h6-7,9,13,15-16H,4-5,8,10H2,1-3H3. The van der Waals surface area contributed by atoms with Crippen molar-refractivity contribution in [2.75, 3.05) is 13.2 Å². The second-order valence-corrected chi connectivity index (χ2v) is 5.11. The normalized spacial score (nSPS) is 21.7. The van der Waals surface area contributed by atoms with Crippen molar-refractivity contribution in [1.82, 2.24) is 5.32 Å². The highest BCUT2D eigenvalue weighted by Crippen LogP contribution is 2.18. The first-order valence-electron chi connectivity index (χ1n) is 6.59. The van der Waals surface area contributed by atoms with E-state index in [4.69, 9.17) is 4.74 Å². The monoisotopic (exact) mass is 233 g/mol. The highest BCUT2D eigenvalue weighted by Gasteiger charge is 2.16. The molecule has 1 aliphatic rings. The van der Waals surface area contributed by atoms with Crippen LogP contribution in [0.25, 0.3) is 0 Å². The van der Waals surface area contributed by atoms with E-state index in [0.29, 0.717) is 12.1 Å². The molecule has 0 radical (unpaired) electrons. The number of benzene rings is 1. The molecule has 0 aromatic heterocycles. The van der Waals surface area contributed by atoms with Gasteiger partial charge in [-0.1, -0.05) is 18.2 Å². The van der Waals surface area contributed by atoms with Crippen LogP contribution in [0.2, 0.25) is 0 Å². The minimum Gasteiger partial charge on any atom is -0.377 e. The molecule has 1 saturated heterocycles. The first-order chi connectivity index (χ1) is 8.16. The van der Waals surface area contributed by atoms with Crippen LogP contribution < -0.4 is 5.32 Å². The summed E-state index contributed by atoms with van der Waals surface area (Å²) in [6, 6.07) is 7.10. The molecule has 2 heteroatoms. The molecule has 1 N–H and O–H groups in total. The molecule has 2 nitrogen and oxygen atoms in total. The molecule has 0 aliphatic carbocycles. The van der Waals surface area contributed by atoms with E-state index < -0.39 is 0 Å².